The number of carbonyl (C=O) groups excluding carboxylic acids is 1. The molecule has 1 amide bonds. The predicted molar refractivity (Wildman–Crippen MR) is 86.1 cm³/mol. The first-order valence-electron chi connectivity index (χ1n) is 7.30. The molecular weight excluding hydrogens is 309 g/mol. The van der Waals surface area contributed by atoms with Crippen LogP contribution in [0, 0.1) is 5.92 Å². The van der Waals surface area contributed by atoms with Crippen LogP contribution in [-0.2, 0) is 0 Å². The summed E-state index contributed by atoms with van der Waals surface area (Å²) in [5.74, 6) is 0.648. The van der Waals surface area contributed by atoms with Gasteiger partial charge < -0.3 is 4.90 Å². The lowest BCUT2D eigenvalue weighted by atomic mass is 10.1. The number of aromatic nitrogens is 1. The van der Waals surface area contributed by atoms with Crippen molar-refractivity contribution < 1.29 is 4.79 Å². The van der Waals surface area contributed by atoms with E-state index in [4.69, 9.17) is 23.2 Å². The molecule has 1 aliphatic heterocycles. The van der Waals surface area contributed by atoms with E-state index >= 15 is 0 Å². The van der Waals surface area contributed by atoms with Crippen molar-refractivity contribution in [3.8, 4) is 0 Å². The number of piperazine rings is 1. The molecule has 2 heterocycles. The first-order valence-corrected chi connectivity index (χ1v) is 8.05. The molecule has 0 radical (unpaired) electrons. The van der Waals surface area contributed by atoms with E-state index in [9.17, 15) is 4.79 Å². The first kappa shape index (κ1) is 16.5. The minimum absolute atomic E-state index is 0.0622. The van der Waals surface area contributed by atoms with Crippen molar-refractivity contribution in [1.82, 2.24) is 14.8 Å². The van der Waals surface area contributed by atoms with E-state index in [-0.39, 0.29) is 5.91 Å². The molecule has 1 aromatic heterocycles. The summed E-state index contributed by atoms with van der Waals surface area (Å²) in [6.45, 7) is 8.84. The lowest BCUT2D eigenvalue weighted by Gasteiger charge is -2.35. The van der Waals surface area contributed by atoms with E-state index < -0.39 is 0 Å². The van der Waals surface area contributed by atoms with Gasteiger partial charge >= 0.3 is 0 Å². The number of carbonyl (C=O) groups is 1. The number of halogens is 2. The number of pyridine rings is 1. The third-order valence-corrected chi connectivity index (χ3v) is 4.24. The summed E-state index contributed by atoms with van der Waals surface area (Å²) in [5.41, 5.74) is 0.437. The molecule has 0 aliphatic carbocycles. The van der Waals surface area contributed by atoms with Crippen LogP contribution in [-0.4, -0.2) is 53.4 Å². The fourth-order valence-corrected chi connectivity index (χ4v) is 2.70. The highest BCUT2D eigenvalue weighted by Gasteiger charge is 2.23. The number of rotatable bonds is 4. The summed E-state index contributed by atoms with van der Waals surface area (Å²) in [6.07, 6.45) is 2.62. The van der Waals surface area contributed by atoms with E-state index in [1.54, 1.807) is 0 Å². The van der Waals surface area contributed by atoms with Crippen molar-refractivity contribution in [2.75, 3.05) is 32.7 Å². The molecule has 1 fully saturated rings. The molecule has 1 aromatic rings. The monoisotopic (exact) mass is 329 g/mol. The SMILES string of the molecule is CC(C)CCN1CCN(C(=O)c2cc(Cl)ncc2Cl)CC1. The Kier molecular flexibility index (Phi) is 5.85. The highest BCUT2D eigenvalue weighted by Crippen LogP contribution is 2.20. The Morgan fingerprint density at radius 1 is 1.29 bits per heavy atom. The number of hydrogen-bond donors (Lipinski definition) is 0. The maximum Gasteiger partial charge on any atom is 0.255 e. The molecule has 0 spiro atoms. The highest BCUT2D eigenvalue weighted by molar-refractivity contribution is 6.35. The van der Waals surface area contributed by atoms with Crippen LogP contribution in [0.2, 0.25) is 10.2 Å². The normalized spacial score (nSPS) is 16.5. The average Bonchev–Trinajstić information content (AvgIpc) is 2.47. The van der Waals surface area contributed by atoms with E-state index in [1.807, 2.05) is 4.90 Å². The summed E-state index contributed by atoms with van der Waals surface area (Å²) in [6, 6.07) is 1.54. The highest BCUT2D eigenvalue weighted by atomic mass is 35.5. The summed E-state index contributed by atoms with van der Waals surface area (Å²) in [5, 5.41) is 0.643. The van der Waals surface area contributed by atoms with Gasteiger partial charge in [-0.1, -0.05) is 37.0 Å². The quantitative estimate of drug-likeness (QED) is 0.796. The summed E-state index contributed by atoms with van der Waals surface area (Å²) in [4.78, 5) is 20.6. The van der Waals surface area contributed by atoms with Crippen molar-refractivity contribution in [1.29, 1.82) is 0 Å². The van der Waals surface area contributed by atoms with E-state index in [0.717, 1.165) is 32.7 Å². The predicted octanol–water partition coefficient (Wildman–Crippen LogP) is 3.19. The molecule has 0 unspecified atom stereocenters. The molecule has 0 aromatic carbocycles. The average molecular weight is 330 g/mol. The van der Waals surface area contributed by atoms with Crippen LogP contribution < -0.4 is 0 Å². The second-order valence-corrected chi connectivity index (χ2v) is 6.60. The Bertz CT molecular complexity index is 500. The molecule has 0 atom stereocenters. The van der Waals surface area contributed by atoms with Gasteiger partial charge in [0.25, 0.3) is 5.91 Å². The Balaban J connectivity index is 1.92. The molecule has 0 N–H and O–H groups in total. The molecule has 6 heteroatoms. The van der Waals surface area contributed by atoms with Gasteiger partial charge in [-0.25, -0.2) is 4.98 Å². The molecule has 1 saturated heterocycles. The van der Waals surface area contributed by atoms with Gasteiger partial charge in [0, 0.05) is 32.4 Å². The molecule has 0 bridgehead atoms. The summed E-state index contributed by atoms with van der Waals surface area (Å²) < 4.78 is 0. The Labute approximate surface area is 136 Å². The smallest absolute Gasteiger partial charge is 0.255 e. The Morgan fingerprint density at radius 3 is 2.57 bits per heavy atom. The van der Waals surface area contributed by atoms with Crippen LogP contribution in [0.5, 0.6) is 0 Å². The second kappa shape index (κ2) is 7.43. The van der Waals surface area contributed by atoms with Crippen molar-refractivity contribution in [2.24, 2.45) is 5.92 Å². The van der Waals surface area contributed by atoms with Gasteiger partial charge in [-0.2, -0.15) is 0 Å². The number of amides is 1. The molecule has 4 nitrogen and oxygen atoms in total. The standard InChI is InChI=1S/C15H21Cl2N3O/c1-11(2)3-4-19-5-7-20(8-6-19)15(21)12-9-14(17)18-10-13(12)16/h9-11H,3-8H2,1-2H3. The van der Waals surface area contributed by atoms with E-state index in [2.05, 4.69) is 23.7 Å². The van der Waals surface area contributed by atoms with Crippen molar-refractivity contribution in [2.45, 2.75) is 20.3 Å². The van der Waals surface area contributed by atoms with Crippen LogP contribution in [0.4, 0.5) is 0 Å². The number of hydrogen-bond acceptors (Lipinski definition) is 3. The zero-order valence-electron chi connectivity index (χ0n) is 12.5. The molecule has 1 aliphatic rings. The van der Waals surface area contributed by atoms with Gasteiger partial charge in [-0.3, -0.25) is 9.69 Å². The summed E-state index contributed by atoms with van der Waals surface area (Å²) >= 11 is 11.9. The summed E-state index contributed by atoms with van der Waals surface area (Å²) in [7, 11) is 0. The van der Waals surface area contributed by atoms with Crippen molar-refractivity contribution >= 4 is 29.1 Å². The van der Waals surface area contributed by atoms with Crippen molar-refractivity contribution in [3.05, 3.63) is 28.0 Å². The largest absolute Gasteiger partial charge is 0.336 e. The van der Waals surface area contributed by atoms with Crippen LogP contribution in [0.3, 0.4) is 0 Å². The van der Waals surface area contributed by atoms with Crippen LogP contribution in [0.1, 0.15) is 30.6 Å². The van der Waals surface area contributed by atoms with E-state index in [1.165, 1.54) is 18.7 Å². The van der Waals surface area contributed by atoms with Gasteiger partial charge in [-0.15, -0.1) is 0 Å². The van der Waals surface area contributed by atoms with Crippen LogP contribution in [0.15, 0.2) is 12.3 Å². The maximum atomic E-state index is 12.5. The van der Waals surface area contributed by atoms with Gasteiger partial charge in [0.15, 0.2) is 0 Å². The lowest BCUT2D eigenvalue weighted by molar-refractivity contribution is 0.0632. The first-order chi connectivity index (χ1) is 9.97. The topological polar surface area (TPSA) is 36.4 Å². The minimum atomic E-state index is -0.0622. The Morgan fingerprint density at radius 2 is 1.95 bits per heavy atom. The zero-order chi connectivity index (χ0) is 15.4. The fraction of sp³-hybridized carbons (Fsp3) is 0.600. The third kappa shape index (κ3) is 4.56. The molecule has 0 saturated carbocycles. The van der Waals surface area contributed by atoms with Crippen molar-refractivity contribution in [3.63, 3.8) is 0 Å². The lowest BCUT2D eigenvalue weighted by Crippen LogP contribution is -2.49. The van der Waals surface area contributed by atoms with E-state index in [0.29, 0.717) is 21.7 Å². The third-order valence-electron chi connectivity index (χ3n) is 3.73. The number of nitrogens with zero attached hydrogens (tertiary/aromatic N) is 3. The van der Waals surface area contributed by atoms with Gasteiger partial charge in [0.1, 0.15) is 5.15 Å². The molecule has 116 valence electrons. The molecule has 2 rings (SSSR count). The fourth-order valence-electron chi connectivity index (χ4n) is 2.36. The van der Waals surface area contributed by atoms with Gasteiger partial charge in [0.05, 0.1) is 10.6 Å². The Hall–Kier alpha value is -0.840. The second-order valence-electron chi connectivity index (χ2n) is 5.80. The maximum absolute atomic E-state index is 12.5. The zero-order valence-corrected chi connectivity index (χ0v) is 14.0. The molecule has 21 heavy (non-hydrogen) atoms. The molecular formula is C15H21Cl2N3O. The van der Waals surface area contributed by atoms with Crippen LogP contribution >= 0.6 is 23.2 Å². The van der Waals surface area contributed by atoms with Gasteiger partial charge in [-0.05, 0) is 24.9 Å². The minimum Gasteiger partial charge on any atom is -0.336 e. The van der Waals surface area contributed by atoms with Crippen LogP contribution in [0.25, 0.3) is 0 Å². The van der Waals surface area contributed by atoms with Gasteiger partial charge in [0.2, 0.25) is 0 Å².